The van der Waals surface area contributed by atoms with E-state index in [2.05, 4.69) is 5.43 Å². The number of nitrogens with zero attached hydrogens (tertiary/aromatic N) is 1. The number of rotatable bonds is 5. The Kier molecular flexibility index (Phi) is 4.78. The quantitative estimate of drug-likeness (QED) is 0.470. The Bertz CT molecular complexity index is 586. The summed E-state index contributed by atoms with van der Waals surface area (Å²) in [7, 11) is 0. The fourth-order valence-electron chi connectivity index (χ4n) is 2.96. The van der Waals surface area contributed by atoms with Crippen molar-refractivity contribution in [2.45, 2.75) is 25.4 Å². The van der Waals surface area contributed by atoms with E-state index in [0.29, 0.717) is 18.9 Å². The lowest BCUT2D eigenvalue weighted by Gasteiger charge is -2.18. The topological polar surface area (TPSA) is 93.9 Å². The molecule has 2 aliphatic heterocycles. The number of ether oxygens (including phenoxy) is 2. The van der Waals surface area contributed by atoms with Crippen molar-refractivity contribution in [3.8, 4) is 5.75 Å². The van der Waals surface area contributed by atoms with Crippen LogP contribution < -0.4 is 20.9 Å². The van der Waals surface area contributed by atoms with Gasteiger partial charge in [0, 0.05) is 31.3 Å². The molecule has 7 nitrogen and oxygen atoms in total. The van der Waals surface area contributed by atoms with E-state index in [1.807, 2.05) is 24.3 Å². The third-order valence-electron chi connectivity index (χ3n) is 4.23. The zero-order valence-corrected chi connectivity index (χ0v) is 12.9. The lowest BCUT2D eigenvalue weighted by Crippen LogP contribution is -2.37. The second-order valence-corrected chi connectivity index (χ2v) is 5.86. The molecule has 23 heavy (non-hydrogen) atoms. The molecule has 7 heteroatoms. The van der Waals surface area contributed by atoms with Crippen LogP contribution in [0, 0.1) is 5.92 Å². The number of hydrogen-bond acceptors (Lipinski definition) is 5. The summed E-state index contributed by atoms with van der Waals surface area (Å²) in [4.78, 5) is 25.3. The van der Waals surface area contributed by atoms with Gasteiger partial charge in [0.15, 0.2) is 0 Å². The maximum absolute atomic E-state index is 12.1. The molecule has 124 valence electrons. The number of benzene rings is 1. The van der Waals surface area contributed by atoms with E-state index < -0.39 is 5.92 Å². The minimum atomic E-state index is -0.413. The SMILES string of the molecule is NNC(=O)C1CC(=O)N(c2cccc(OCC3CCCO3)c2)C1. The van der Waals surface area contributed by atoms with E-state index >= 15 is 0 Å². The lowest BCUT2D eigenvalue weighted by atomic mass is 10.1. The van der Waals surface area contributed by atoms with Gasteiger partial charge in [-0.15, -0.1) is 0 Å². The summed E-state index contributed by atoms with van der Waals surface area (Å²) in [6, 6.07) is 7.34. The van der Waals surface area contributed by atoms with Gasteiger partial charge in [-0.3, -0.25) is 15.0 Å². The smallest absolute Gasteiger partial charge is 0.239 e. The van der Waals surface area contributed by atoms with Gasteiger partial charge in [-0.05, 0) is 25.0 Å². The highest BCUT2D eigenvalue weighted by Crippen LogP contribution is 2.28. The summed E-state index contributed by atoms with van der Waals surface area (Å²) in [5.74, 6) is 5.02. The molecule has 1 aromatic carbocycles. The molecule has 2 heterocycles. The molecule has 2 saturated heterocycles. The molecule has 2 fully saturated rings. The minimum Gasteiger partial charge on any atom is -0.491 e. The highest BCUT2D eigenvalue weighted by Gasteiger charge is 2.34. The lowest BCUT2D eigenvalue weighted by molar-refractivity contribution is -0.126. The first-order chi connectivity index (χ1) is 11.2. The van der Waals surface area contributed by atoms with Gasteiger partial charge in [0.1, 0.15) is 12.4 Å². The first-order valence-electron chi connectivity index (χ1n) is 7.82. The summed E-state index contributed by atoms with van der Waals surface area (Å²) < 4.78 is 11.3. The van der Waals surface area contributed by atoms with Crippen molar-refractivity contribution in [3.05, 3.63) is 24.3 Å². The number of carbonyl (C=O) groups is 2. The average molecular weight is 319 g/mol. The van der Waals surface area contributed by atoms with Gasteiger partial charge in [-0.2, -0.15) is 0 Å². The molecular weight excluding hydrogens is 298 g/mol. The van der Waals surface area contributed by atoms with Gasteiger partial charge in [0.05, 0.1) is 12.0 Å². The normalized spacial score (nSPS) is 24.0. The predicted molar refractivity (Wildman–Crippen MR) is 83.7 cm³/mol. The Morgan fingerprint density at radius 3 is 3.09 bits per heavy atom. The van der Waals surface area contributed by atoms with Crippen LogP contribution in [0.5, 0.6) is 5.75 Å². The van der Waals surface area contributed by atoms with E-state index in [1.165, 1.54) is 0 Å². The van der Waals surface area contributed by atoms with Gasteiger partial charge >= 0.3 is 0 Å². The van der Waals surface area contributed by atoms with Crippen LogP contribution >= 0.6 is 0 Å². The number of nitrogens with one attached hydrogen (secondary N) is 1. The van der Waals surface area contributed by atoms with Gasteiger partial charge in [0.25, 0.3) is 0 Å². The maximum Gasteiger partial charge on any atom is 0.239 e. The number of carbonyl (C=O) groups excluding carboxylic acids is 2. The standard InChI is InChI=1S/C16H21N3O4/c17-18-16(21)11-7-15(20)19(9-11)12-3-1-4-13(8-12)23-10-14-5-2-6-22-14/h1,3-4,8,11,14H,2,5-7,9-10,17H2,(H,18,21). The van der Waals surface area contributed by atoms with Gasteiger partial charge in [-0.25, -0.2) is 5.84 Å². The van der Waals surface area contributed by atoms with Crippen LogP contribution in [0.25, 0.3) is 0 Å². The van der Waals surface area contributed by atoms with Crippen molar-refractivity contribution in [3.63, 3.8) is 0 Å². The third-order valence-corrected chi connectivity index (χ3v) is 4.23. The number of hydrogen-bond donors (Lipinski definition) is 2. The number of nitrogens with two attached hydrogens (primary N) is 1. The Balaban J connectivity index is 1.64. The van der Waals surface area contributed by atoms with Crippen molar-refractivity contribution in [1.82, 2.24) is 5.43 Å². The molecule has 1 aromatic rings. The van der Waals surface area contributed by atoms with E-state index in [4.69, 9.17) is 15.3 Å². The van der Waals surface area contributed by atoms with Crippen LogP contribution in [-0.2, 0) is 14.3 Å². The maximum atomic E-state index is 12.1. The number of amides is 2. The van der Waals surface area contributed by atoms with E-state index in [1.54, 1.807) is 4.90 Å². The van der Waals surface area contributed by atoms with Crippen LogP contribution in [0.3, 0.4) is 0 Å². The summed E-state index contributed by atoms with van der Waals surface area (Å²) in [6.45, 7) is 1.63. The minimum absolute atomic E-state index is 0.0881. The zero-order chi connectivity index (χ0) is 16.2. The molecule has 3 rings (SSSR count). The number of hydrazine groups is 1. The molecule has 0 bridgehead atoms. The van der Waals surface area contributed by atoms with Crippen molar-refractivity contribution < 1.29 is 19.1 Å². The Morgan fingerprint density at radius 1 is 1.48 bits per heavy atom. The Labute approximate surface area is 134 Å². The molecule has 2 atom stereocenters. The highest BCUT2D eigenvalue weighted by molar-refractivity contribution is 6.00. The second-order valence-electron chi connectivity index (χ2n) is 5.86. The third kappa shape index (κ3) is 3.62. The molecule has 0 aliphatic carbocycles. The summed E-state index contributed by atoms with van der Waals surface area (Å²) in [5.41, 5.74) is 2.83. The Hall–Kier alpha value is -2.12. The van der Waals surface area contributed by atoms with E-state index in [9.17, 15) is 9.59 Å². The van der Waals surface area contributed by atoms with Crippen LogP contribution in [0.15, 0.2) is 24.3 Å². The molecule has 3 N–H and O–H groups in total. The molecule has 0 aromatic heterocycles. The Morgan fingerprint density at radius 2 is 2.35 bits per heavy atom. The van der Waals surface area contributed by atoms with Gasteiger partial charge in [-0.1, -0.05) is 6.07 Å². The molecule has 0 radical (unpaired) electrons. The summed E-state index contributed by atoms with van der Waals surface area (Å²) >= 11 is 0. The fraction of sp³-hybridized carbons (Fsp3) is 0.500. The monoisotopic (exact) mass is 319 g/mol. The summed E-state index contributed by atoms with van der Waals surface area (Å²) in [5, 5.41) is 0. The van der Waals surface area contributed by atoms with Crippen molar-refractivity contribution in [2.24, 2.45) is 11.8 Å². The summed E-state index contributed by atoms with van der Waals surface area (Å²) in [6.07, 6.45) is 2.40. The predicted octanol–water partition coefficient (Wildman–Crippen LogP) is 0.587. The first-order valence-corrected chi connectivity index (χ1v) is 7.82. The average Bonchev–Trinajstić information content (AvgIpc) is 3.22. The van der Waals surface area contributed by atoms with Crippen molar-refractivity contribution >= 4 is 17.5 Å². The molecule has 0 spiro atoms. The molecule has 2 unspecified atom stereocenters. The van der Waals surface area contributed by atoms with Gasteiger partial charge < -0.3 is 14.4 Å². The largest absolute Gasteiger partial charge is 0.491 e. The van der Waals surface area contributed by atoms with Crippen LogP contribution in [0.2, 0.25) is 0 Å². The highest BCUT2D eigenvalue weighted by atomic mass is 16.5. The number of anilines is 1. The second kappa shape index (κ2) is 6.97. The zero-order valence-electron chi connectivity index (χ0n) is 12.9. The molecule has 2 amide bonds. The first kappa shape index (κ1) is 15.8. The molecule has 0 saturated carbocycles. The van der Waals surface area contributed by atoms with Gasteiger partial charge in [0.2, 0.25) is 11.8 Å². The van der Waals surface area contributed by atoms with Crippen molar-refractivity contribution in [2.75, 3.05) is 24.7 Å². The van der Waals surface area contributed by atoms with E-state index in [0.717, 1.165) is 25.1 Å². The fourth-order valence-corrected chi connectivity index (χ4v) is 2.96. The van der Waals surface area contributed by atoms with Crippen LogP contribution in [0.1, 0.15) is 19.3 Å². The molecule has 2 aliphatic rings. The van der Waals surface area contributed by atoms with Crippen LogP contribution in [-0.4, -0.2) is 37.7 Å². The van der Waals surface area contributed by atoms with E-state index in [-0.39, 0.29) is 24.3 Å². The molecular formula is C16H21N3O4. The van der Waals surface area contributed by atoms with Crippen molar-refractivity contribution in [1.29, 1.82) is 0 Å². The van der Waals surface area contributed by atoms with Crippen LogP contribution in [0.4, 0.5) is 5.69 Å².